The number of hydrogen-bond donors (Lipinski definition) is 2. The number of ether oxygens (including phenoxy) is 1. The van der Waals surface area contributed by atoms with E-state index in [1.807, 2.05) is 6.07 Å². The zero-order valence-corrected chi connectivity index (χ0v) is 12.5. The zero-order chi connectivity index (χ0) is 15.8. The monoisotopic (exact) mass is 303 g/mol. The largest absolute Gasteiger partial charge is 0.482 e. The fraction of sp³-hybridized carbons (Fsp3) is 0.412. The van der Waals surface area contributed by atoms with Crippen LogP contribution in [0.1, 0.15) is 37.7 Å². The number of benzene rings is 1. The fourth-order valence-electron chi connectivity index (χ4n) is 2.42. The molecular formula is C17H21NO4. The molecule has 1 amide bonds. The van der Waals surface area contributed by atoms with Crippen LogP contribution in [0.15, 0.2) is 35.9 Å². The van der Waals surface area contributed by atoms with Crippen molar-refractivity contribution in [3.8, 4) is 5.75 Å². The average molecular weight is 303 g/mol. The Bertz CT molecular complexity index is 566. The van der Waals surface area contributed by atoms with Crippen LogP contribution in [0.4, 0.5) is 0 Å². The van der Waals surface area contributed by atoms with Gasteiger partial charge in [-0.2, -0.15) is 0 Å². The molecule has 0 aliphatic heterocycles. The molecule has 0 aromatic heterocycles. The number of hydrogen-bond acceptors (Lipinski definition) is 3. The highest BCUT2D eigenvalue weighted by Crippen LogP contribution is 2.20. The molecule has 5 heteroatoms. The third-order valence-corrected chi connectivity index (χ3v) is 3.52. The lowest BCUT2D eigenvalue weighted by Crippen LogP contribution is -2.23. The molecular weight excluding hydrogens is 282 g/mol. The second-order valence-corrected chi connectivity index (χ2v) is 5.39. The minimum atomic E-state index is -1.01. The number of carboxylic acid groups (broad SMARTS) is 1. The zero-order valence-electron chi connectivity index (χ0n) is 12.5. The van der Waals surface area contributed by atoms with E-state index >= 15 is 0 Å². The van der Waals surface area contributed by atoms with Crippen LogP contribution in [-0.4, -0.2) is 23.6 Å². The summed E-state index contributed by atoms with van der Waals surface area (Å²) >= 11 is 0. The summed E-state index contributed by atoms with van der Waals surface area (Å²) in [6.45, 7) is 0.0420. The second-order valence-electron chi connectivity index (χ2n) is 5.39. The minimum Gasteiger partial charge on any atom is -0.482 e. The summed E-state index contributed by atoms with van der Waals surface area (Å²) in [5.74, 6) is -0.506. The maximum absolute atomic E-state index is 11.9. The number of amides is 1. The molecule has 1 aliphatic rings. The molecule has 1 aromatic carbocycles. The van der Waals surface area contributed by atoms with E-state index in [4.69, 9.17) is 9.84 Å². The van der Waals surface area contributed by atoms with Crippen LogP contribution in [-0.2, 0) is 16.1 Å². The summed E-state index contributed by atoms with van der Waals surface area (Å²) in [7, 11) is 0. The molecule has 0 radical (unpaired) electrons. The van der Waals surface area contributed by atoms with E-state index in [2.05, 4.69) is 11.4 Å². The molecule has 2 N–H and O–H groups in total. The first-order chi connectivity index (χ1) is 10.6. The van der Waals surface area contributed by atoms with Crippen molar-refractivity contribution in [3.05, 3.63) is 41.5 Å². The average Bonchev–Trinajstić information content (AvgIpc) is 2.52. The van der Waals surface area contributed by atoms with Crippen molar-refractivity contribution in [2.45, 2.75) is 38.6 Å². The lowest BCUT2D eigenvalue weighted by atomic mass is 9.97. The second kappa shape index (κ2) is 8.22. The van der Waals surface area contributed by atoms with E-state index in [0.29, 0.717) is 18.7 Å². The van der Waals surface area contributed by atoms with Gasteiger partial charge in [0, 0.05) is 13.0 Å². The molecule has 118 valence electrons. The van der Waals surface area contributed by atoms with Gasteiger partial charge in [0.2, 0.25) is 5.91 Å². The highest BCUT2D eigenvalue weighted by molar-refractivity contribution is 5.78. The molecule has 0 bridgehead atoms. The molecule has 22 heavy (non-hydrogen) atoms. The molecule has 1 aromatic rings. The Balaban J connectivity index is 1.80. The third kappa shape index (κ3) is 5.60. The Hall–Kier alpha value is -2.30. The highest BCUT2D eigenvalue weighted by Gasteiger charge is 2.09. The number of rotatable bonds is 7. The molecule has 5 nitrogen and oxygen atoms in total. The van der Waals surface area contributed by atoms with E-state index < -0.39 is 5.97 Å². The van der Waals surface area contributed by atoms with Gasteiger partial charge >= 0.3 is 5.97 Å². The van der Waals surface area contributed by atoms with Crippen molar-refractivity contribution in [2.24, 2.45) is 0 Å². The Morgan fingerprint density at radius 2 is 2.14 bits per heavy atom. The van der Waals surface area contributed by atoms with E-state index in [-0.39, 0.29) is 12.5 Å². The van der Waals surface area contributed by atoms with Crippen molar-refractivity contribution in [1.82, 2.24) is 5.32 Å². The van der Waals surface area contributed by atoms with Gasteiger partial charge in [-0.15, -0.1) is 0 Å². The molecule has 0 saturated heterocycles. The van der Waals surface area contributed by atoms with Gasteiger partial charge in [-0.3, -0.25) is 4.79 Å². The van der Waals surface area contributed by atoms with Gasteiger partial charge in [-0.25, -0.2) is 4.79 Å². The summed E-state index contributed by atoms with van der Waals surface area (Å²) in [6.07, 6.45) is 7.12. The maximum Gasteiger partial charge on any atom is 0.341 e. The summed E-state index contributed by atoms with van der Waals surface area (Å²) in [4.78, 5) is 22.4. The lowest BCUT2D eigenvalue weighted by Gasteiger charge is -2.13. The van der Waals surface area contributed by atoms with Crippen molar-refractivity contribution in [2.75, 3.05) is 6.61 Å². The van der Waals surface area contributed by atoms with Crippen LogP contribution >= 0.6 is 0 Å². The molecule has 2 rings (SSSR count). The Morgan fingerprint density at radius 3 is 2.86 bits per heavy atom. The van der Waals surface area contributed by atoms with Crippen LogP contribution in [0.3, 0.4) is 0 Å². The number of carbonyl (C=O) groups excluding carboxylic acids is 1. The van der Waals surface area contributed by atoms with Gasteiger partial charge in [-0.1, -0.05) is 23.8 Å². The summed E-state index contributed by atoms with van der Waals surface area (Å²) in [5, 5.41) is 11.5. The molecule has 0 saturated carbocycles. The first kappa shape index (κ1) is 16.1. The fourth-order valence-corrected chi connectivity index (χ4v) is 2.42. The van der Waals surface area contributed by atoms with Crippen LogP contribution < -0.4 is 10.1 Å². The quantitative estimate of drug-likeness (QED) is 0.759. The van der Waals surface area contributed by atoms with Crippen molar-refractivity contribution in [1.29, 1.82) is 0 Å². The minimum absolute atomic E-state index is 0.0185. The molecule has 0 unspecified atom stereocenters. The topological polar surface area (TPSA) is 75.6 Å². The van der Waals surface area contributed by atoms with Gasteiger partial charge in [0.25, 0.3) is 0 Å². The normalized spacial score (nSPS) is 14.1. The molecule has 0 spiro atoms. The molecule has 0 fully saturated rings. The summed E-state index contributed by atoms with van der Waals surface area (Å²) < 4.78 is 5.12. The van der Waals surface area contributed by atoms with E-state index in [1.54, 1.807) is 18.2 Å². The van der Waals surface area contributed by atoms with Crippen molar-refractivity contribution < 1.29 is 19.4 Å². The third-order valence-electron chi connectivity index (χ3n) is 3.52. The summed E-state index contributed by atoms with van der Waals surface area (Å²) in [5.41, 5.74) is 2.11. The predicted octanol–water partition coefficient (Wildman–Crippen LogP) is 2.66. The predicted molar refractivity (Wildman–Crippen MR) is 82.6 cm³/mol. The first-order valence-corrected chi connectivity index (χ1v) is 7.51. The van der Waals surface area contributed by atoms with E-state index in [9.17, 15) is 9.59 Å². The molecule has 0 atom stereocenters. The lowest BCUT2D eigenvalue weighted by molar-refractivity contribution is -0.139. The number of nitrogens with one attached hydrogen (secondary N) is 1. The maximum atomic E-state index is 11.9. The number of allylic oxidation sites excluding steroid dienone is 1. The SMILES string of the molecule is O=C(O)COc1cccc(CNC(=O)CC2=CCCCC2)c1. The first-order valence-electron chi connectivity index (χ1n) is 7.51. The van der Waals surface area contributed by atoms with Crippen LogP contribution in [0.25, 0.3) is 0 Å². The van der Waals surface area contributed by atoms with Crippen LogP contribution in [0.2, 0.25) is 0 Å². The number of aliphatic carboxylic acids is 1. The Labute approximate surface area is 130 Å². The highest BCUT2D eigenvalue weighted by atomic mass is 16.5. The number of carboxylic acids is 1. The van der Waals surface area contributed by atoms with Gasteiger partial charge in [0.1, 0.15) is 5.75 Å². The number of carbonyl (C=O) groups is 2. The van der Waals surface area contributed by atoms with E-state index in [0.717, 1.165) is 18.4 Å². The smallest absolute Gasteiger partial charge is 0.341 e. The van der Waals surface area contributed by atoms with Gasteiger partial charge in [-0.05, 0) is 43.4 Å². The van der Waals surface area contributed by atoms with Crippen molar-refractivity contribution in [3.63, 3.8) is 0 Å². The standard InChI is InChI=1S/C17H21NO4/c19-16(10-13-5-2-1-3-6-13)18-11-14-7-4-8-15(9-14)22-12-17(20)21/h4-5,7-9H,1-3,6,10-12H2,(H,18,19)(H,20,21). The van der Waals surface area contributed by atoms with Gasteiger partial charge in [0.05, 0.1) is 0 Å². The van der Waals surface area contributed by atoms with Gasteiger partial charge < -0.3 is 15.2 Å². The summed E-state index contributed by atoms with van der Waals surface area (Å²) in [6, 6.07) is 7.08. The van der Waals surface area contributed by atoms with Gasteiger partial charge in [0.15, 0.2) is 6.61 Å². The van der Waals surface area contributed by atoms with Crippen LogP contribution in [0, 0.1) is 0 Å². The van der Waals surface area contributed by atoms with Crippen LogP contribution in [0.5, 0.6) is 5.75 Å². The molecule has 1 aliphatic carbocycles. The Kier molecular flexibility index (Phi) is 6.01. The Morgan fingerprint density at radius 1 is 1.27 bits per heavy atom. The molecule has 0 heterocycles. The van der Waals surface area contributed by atoms with Crippen molar-refractivity contribution >= 4 is 11.9 Å². The van der Waals surface area contributed by atoms with E-state index in [1.165, 1.54) is 18.4 Å².